The first-order valence-corrected chi connectivity index (χ1v) is 7.67. The van der Waals surface area contributed by atoms with Crippen molar-refractivity contribution in [2.24, 2.45) is 11.8 Å². The molecule has 1 amide bonds. The number of nitrogens with one attached hydrogen (secondary N) is 2. The van der Waals surface area contributed by atoms with Crippen LogP contribution in [0.4, 0.5) is 0 Å². The summed E-state index contributed by atoms with van der Waals surface area (Å²) in [4.78, 5) is 18.2. The Bertz CT molecular complexity index is 703. The van der Waals surface area contributed by atoms with Crippen molar-refractivity contribution in [3.8, 4) is 0 Å². The second kappa shape index (κ2) is 4.34. The van der Waals surface area contributed by atoms with Crippen LogP contribution in [0.15, 0.2) is 30.5 Å². The first-order chi connectivity index (χ1) is 10.1. The van der Waals surface area contributed by atoms with Gasteiger partial charge in [-0.15, -0.1) is 0 Å². The molecule has 2 saturated heterocycles. The van der Waals surface area contributed by atoms with Crippen molar-refractivity contribution < 1.29 is 4.79 Å². The van der Waals surface area contributed by atoms with Gasteiger partial charge in [-0.3, -0.25) is 4.79 Å². The SMILES string of the molecule is CC1(C)C2CNCC2CN1C(=O)c1ccc2[nH]ccc2c1. The van der Waals surface area contributed by atoms with E-state index in [1.54, 1.807) is 0 Å². The number of aromatic amines is 1. The van der Waals surface area contributed by atoms with E-state index in [1.807, 2.05) is 30.5 Å². The van der Waals surface area contributed by atoms with E-state index in [2.05, 4.69) is 29.0 Å². The van der Waals surface area contributed by atoms with Crippen molar-refractivity contribution in [1.29, 1.82) is 0 Å². The quantitative estimate of drug-likeness (QED) is 0.843. The molecule has 2 aromatic rings. The Labute approximate surface area is 124 Å². The van der Waals surface area contributed by atoms with Gasteiger partial charge in [-0.1, -0.05) is 0 Å². The number of hydrogen-bond acceptors (Lipinski definition) is 2. The van der Waals surface area contributed by atoms with Gasteiger partial charge in [0.05, 0.1) is 0 Å². The fourth-order valence-electron chi connectivity index (χ4n) is 4.11. The molecule has 1 aromatic carbocycles. The third-order valence-corrected chi connectivity index (χ3v) is 5.41. The molecule has 2 N–H and O–H groups in total. The Kier molecular flexibility index (Phi) is 2.67. The molecule has 0 spiro atoms. The third-order valence-electron chi connectivity index (χ3n) is 5.41. The molecular formula is C17H21N3O. The van der Waals surface area contributed by atoms with Crippen molar-refractivity contribution in [1.82, 2.24) is 15.2 Å². The number of rotatable bonds is 1. The van der Waals surface area contributed by atoms with Crippen LogP contribution < -0.4 is 5.32 Å². The van der Waals surface area contributed by atoms with Gasteiger partial charge in [-0.05, 0) is 49.9 Å². The van der Waals surface area contributed by atoms with Gasteiger partial charge in [-0.2, -0.15) is 0 Å². The molecule has 2 aliphatic rings. The summed E-state index contributed by atoms with van der Waals surface area (Å²) in [5.41, 5.74) is 1.80. The first kappa shape index (κ1) is 12.9. The number of fused-ring (bicyclic) bond motifs is 2. The van der Waals surface area contributed by atoms with Crippen molar-refractivity contribution in [2.45, 2.75) is 19.4 Å². The highest BCUT2D eigenvalue weighted by Crippen LogP contribution is 2.41. The zero-order valence-electron chi connectivity index (χ0n) is 12.5. The highest BCUT2D eigenvalue weighted by molar-refractivity contribution is 5.98. The van der Waals surface area contributed by atoms with Crippen molar-refractivity contribution in [3.05, 3.63) is 36.0 Å². The standard InChI is InChI=1S/C17H21N3O/c1-17(2)14-9-18-8-13(14)10-20(17)16(21)12-3-4-15-11(7-12)5-6-19-15/h3-7,13-14,18-19H,8-10H2,1-2H3. The molecular weight excluding hydrogens is 262 g/mol. The van der Waals surface area contributed by atoms with E-state index in [-0.39, 0.29) is 11.4 Å². The minimum absolute atomic E-state index is 0.0711. The predicted octanol–water partition coefficient (Wildman–Crippen LogP) is 2.24. The van der Waals surface area contributed by atoms with Crippen LogP contribution in [0.1, 0.15) is 24.2 Å². The number of amides is 1. The van der Waals surface area contributed by atoms with Gasteiger partial charge in [0, 0.05) is 47.8 Å². The largest absolute Gasteiger partial charge is 0.361 e. The average molecular weight is 283 g/mol. The highest BCUT2D eigenvalue weighted by Gasteiger charge is 2.51. The lowest BCUT2D eigenvalue weighted by molar-refractivity contribution is 0.0603. The van der Waals surface area contributed by atoms with Gasteiger partial charge < -0.3 is 15.2 Å². The number of carbonyl (C=O) groups excluding carboxylic acids is 1. The summed E-state index contributed by atoms with van der Waals surface area (Å²) < 4.78 is 0. The van der Waals surface area contributed by atoms with Crippen LogP contribution in [0.5, 0.6) is 0 Å². The lowest BCUT2D eigenvalue weighted by Crippen LogP contribution is -2.47. The molecule has 110 valence electrons. The minimum atomic E-state index is -0.0711. The van der Waals surface area contributed by atoms with Gasteiger partial charge in [0.1, 0.15) is 0 Å². The molecule has 21 heavy (non-hydrogen) atoms. The van der Waals surface area contributed by atoms with Crippen molar-refractivity contribution in [2.75, 3.05) is 19.6 Å². The summed E-state index contributed by atoms with van der Waals surface area (Å²) >= 11 is 0. The van der Waals surface area contributed by atoms with Crippen LogP contribution in [0.25, 0.3) is 10.9 Å². The average Bonchev–Trinajstić information content (AvgIpc) is 3.15. The molecule has 0 radical (unpaired) electrons. The van der Waals surface area contributed by atoms with Crippen LogP contribution in [-0.4, -0.2) is 41.0 Å². The number of hydrogen-bond donors (Lipinski definition) is 2. The molecule has 3 heterocycles. The maximum absolute atomic E-state index is 13.0. The first-order valence-electron chi connectivity index (χ1n) is 7.67. The normalized spacial score (nSPS) is 27.2. The van der Waals surface area contributed by atoms with E-state index in [1.165, 1.54) is 0 Å². The molecule has 1 aromatic heterocycles. The van der Waals surface area contributed by atoms with E-state index < -0.39 is 0 Å². The van der Waals surface area contributed by atoms with Crippen LogP contribution in [0.3, 0.4) is 0 Å². The van der Waals surface area contributed by atoms with Gasteiger partial charge in [0.25, 0.3) is 5.91 Å². The van der Waals surface area contributed by atoms with Gasteiger partial charge >= 0.3 is 0 Å². The van der Waals surface area contributed by atoms with Crippen LogP contribution in [0.2, 0.25) is 0 Å². The summed E-state index contributed by atoms with van der Waals surface area (Å²) in [6, 6.07) is 7.94. The van der Waals surface area contributed by atoms with E-state index in [0.717, 1.165) is 36.1 Å². The fourth-order valence-corrected chi connectivity index (χ4v) is 4.11. The summed E-state index contributed by atoms with van der Waals surface area (Å²) in [6.45, 7) is 7.34. The Balaban J connectivity index is 1.68. The molecule has 0 bridgehead atoms. The monoisotopic (exact) mass is 283 g/mol. The van der Waals surface area contributed by atoms with Crippen LogP contribution in [0, 0.1) is 11.8 Å². The Hall–Kier alpha value is -1.81. The Morgan fingerprint density at radius 1 is 1.29 bits per heavy atom. The van der Waals surface area contributed by atoms with Gasteiger partial charge in [-0.25, -0.2) is 0 Å². The molecule has 2 fully saturated rings. The topological polar surface area (TPSA) is 48.1 Å². The van der Waals surface area contributed by atoms with E-state index in [9.17, 15) is 4.79 Å². The maximum Gasteiger partial charge on any atom is 0.254 e. The molecule has 0 saturated carbocycles. The van der Waals surface area contributed by atoms with E-state index in [4.69, 9.17) is 0 Å². The summed E-state index contributed by atoms with van der Waals surface area (Å²) in [5, 5.41) is 4.55. The summed E-state index contributed by atoms with van der Waals surface area (Å²) in [7, 11) is 0. The minimum Gasteiger partial charge on any atom is -0.361 e. The number of nitrogens with zero attached hydrogens (tertiary/aromatic N) is 1. The molecule has 0 aliphatic carbocycles. The maximum atomic E-state index is 13.0. The molecule has 2 unspecified atom stereocenters. The Morgan fingerprint density at radius 3 is 2.95 bits per heavy atom. The zero-order valence-corrected chi connectivity index (χ0v) is 12.5. The van der Waals surface area contributed by atoms with E-state index in [0.29, 0.717) is 11.8 Å². The Morgan fingerprint density at radius 2 is 2.14 bits per heavy atom. The molecule has 4 heteroatoms. The number of benzene rings is 1. The third kappa shape index (κ3) is 1.82. The second-order valence-electron chi connectivity index (χ2n) is 6.87. The lowest BCUT2D eigenvalue weighted by Gasteiger charge is -2.35. The molecule has 2 aliphatic heterocycles. The molecule has 2 atom stereocenters. The molecule has 4 rings (SSSR count). The zero-order chi connectivity index (χ0) is 14.6. The predicted molar refractivity (Wildman–Crippen MR) is 83.3 cm³/mol. The summed E-state index contributed by atoms with van der Waals surface area (Å²) in [5.74, 6) is 1.33. The van der Waals surface area contributed by atoms with Crippen LogP contribution >= 0.6 is 0 Å². The highest BCUT2D eigenvalue weighted by atomic mass is 16.2. The number of likely N-dealkylation sites (tertiary alicyclic amines) is 1. The van der Waals surface area contributed by atoms with Gasteiger partial charge in [0.15, 0.2) is 0 Å². The van der Waals surface area contributed by atoms with Crippen molar-refractivity contribution in [3.63, 3.8) is 0 Å². The van der Waals surface area contributed by atoms with Crippen LogP contribution in [-0.2, 0) is 0 Å². The summed E-state index contributed by atoms with van der Waals surface area (Å²) in [6.07, 6.45) is 1.91. The number of carbonyl (C=O) groups is 1. The molecule has 4 nitrogen and oxygen atoms in total. The number of H-pyrrole nitrogens is 1. The fraction of sp³-hybridized carbons (Fsp3) is 0.471. The van der Waals surface area contributed by atoms with Crippen molar-refractivity contribution >= 4 is 16.8 Å². The van der Waals surface area contributed by atoms with E-state index >= 15 is 0 Å². The smallest absolute Gasteiger partial charge is 0.254 e. The number of aromatic nitrogens is 1. The lowest BCUT2D eigenvalue weighted by atomic mass is 9.84. The second-order valence-corrected chi connectivity index (χ2v) is 6.87. The van der Waals surface area contributed by atoms with Gasteiger partial charge in [0.2, 0.25) is 0 Å².